The SMILES string of the molecule is CCOc1ccc(OCC(=O)N2C[C@H](CC)N(C(C)=O)C[C@H]2CC)cc1. The highest BCUT2D eigenvalue weighted by Crippen LogP contribution is 2.21. The maximum atomic E-state index is 12.7. The average molecular weight is 362 g/mol. The van der Waals surface area contributed by atoms with E-state index in [0.717, 1.165) is 18.6 Å². The summed E-state index contributed by atoms with van der Waals surface area (Å²) in [5.41, 5.74) is 0. The lowest BCUT2D eigenvalue weighted by Gasteiger charge is -2.45. The fourth-order valence-electron chi connectivity index (χ4n) is 3.37. The smallest absolute Gasteiger partial charge is 0.260 e. The molecule has 0 radical (unpaired) electrons. The van der Waals surface area contributed by atoms with Crippen LogP contribution in [0.25, 0.3) is 0 Å². The average Bonchev–Trinajstić information content (AvgIpc) is 2.66. The molecule has 1 aliphatic rings. The molecule has 144 valence electrons. The van der Waals surface area contributed by atoms with Crippen LogP contribution in [0.1, 0.15) is 40.5 Å². The van der Waals surface area contributed by atoms with Crippen molar-refractivity contribution in [2.75, 3.05) is 26.3 Å². The number of ether oxygens (including phenoxy) is 2. The van der Waals surface area contributed by atoms with Crippen LogP contribution in [0.4, 0.5) is 0 Å². The van der Waals surface area contributed by atoms with Gasteiger partial charge in [-0.05, 0) is 44.0 Å². The Morgan fingerprint density at radius 1 is 0.923 bits per heavy atom. The van der Waals surface area contributed by atoms with Crippen LogP contribution in [0.2, 0.25) is 0 Å². The van der Waals surface area contributed by atoms with Gasteiger partial charge in [-0.15, -0.1) is 0 Å². The molecule has 2 atom stereocenters. The number of amides is 2. The molecule has 6 heteroatoms. The zero-order valence-electron chi connectivity index (χ0n) is 16.2. The first kappa shape index (κ1) is 20.1. The van der Waals surface area contributed by atoms with Gasteiger partial charge in [0.05, 0.1) is 6.61 Å². The van der Waals surface area contributed by atoms with Gasteiger partial charge in [0, 0.05) is 32.1 Å². The quantitative estimate of drug-likeness (QED) is 0.748. The molecule has 6 nitrogen and oxygen atoms in total. The molecule has 1 aromatic rings. The monoisotopic (exact) mass is 362 g/mol. The van der Waals surface area contributed by atoms with Crippen molar-refractivity contribution in [3.63, 3.8) is 0 Å². The van der Waals surface area contributed by atoms with Crippen LogP contribution in [0, 0.1) is 0 Å². The second-order valence-corrected chi connectivity index (χ2v) is 6.53. The Bertz CT molecular complexity index is 602. The van der Waals surface area contributed by atoms with Crippen LogP contribution in [0.5, 0.6) is 11.5 Å². The Kier molecular flexibility index (Phi) is 7.30. The van der Waals surface area contributed by atoms with Gasteiger partial charge in [0.1, 0.15) is 11.5 Å². The van der Waals surface area contributed by atoms with E-state index in [2.05, 4.69) is 0 Å². The number of piperazine rings is 1. The number of rotatable bonds is 7. The lowest BCUT2D eigenvalue weighted by atomic mass is 10.0. The fraction of sp³-hybridized carbons (Fsp3) is 0.600. The summed E-state index contributed by atoms with van der Waals surface area (Å²) in [6.45, 7) is 9.40. The van der Waals surface area contributed by atoms with E-state index in [0.29, 0.717) is 25.4 Å². The highest BCUT2D eigenvalue weighted by Gasteiger charge is 2.35. The minimum absolute atomic E-state index is 0.000979. The van der Waals surface area contributed by atoms with Crippen molar-refractivity contribution in [1.82, 2.24) is 9.80 Å². The summed E-state index contributed by atoms with van der Waals surface area (Å²) in [5.74, 6) is 1.47. The van der Waals surface area contributed by atoms with Crippen LogP contribution in [0.3, 0.4) is 0 Å². The number of benzene rings is 1. The van der Waals surface area contributed by atoms with E-state index in [1.807, 2.05) is 42.7 Å². The summed E-state index contributed by atoms with van der Waals surface area (Å²) in [4.78, 5) is 28.4. The number of hydrogen-bond donors (Lipinski definition) is 0. The summed E-state index contributed by atoms with van der Waals surface area (Å²) in [5, 5.41) is 0. The van der Waals surface area contributed by atoms with E-state index in [1.54, 1.807) is 19.1 Å². The highest BCUT2D eigenvalue weighted by atomic mass is 16.5. The number of carbonyl (C=O) groups excluding carboxylic acids is 2. The summed E-state index contributed by atoms with van der Waals surface area (Å²) in [6.07, 6.45) is 1.65. The summed E-state index contributed by atoms with van der Waals surface area (Å²) >= 11 is 0. The topological polar surface area (TPSA) is 59.1 Å². The predicted molar refractivity (Wildman–Crippen MR) is 100 cm³/mol. The molecule has 0 bridgehead atoms. The number of carbonyl (C=O) groups is 2. The van der Waals surface area contributed by atoms with Crippen molar-refractivity contribution in [2.24, 2.45) is 0 Å². The Labute approximate surface area is 156 Å². The summed E-state index contributed by atoms with van der Waals surface area (Å²) < 4.78 is 11.1. The second kappa shape index (κ2) is 9.46. The van der Waals surface area contributed by atoms with Gasteiger partial charge in [-0.3, -0.25) is 9.59 Å². The van der Waals surface area contributed by atoms with Crippen molar-refractivity contribution >= 4 is 11.8 Å². The number of hydrogen-bond acceptors (Lipinski definition) is 4. The Morgan fingerprint density at radius 3 is 1.92 bits per heavy atom. The summed E-state index contributed by atoms with van der Waals surface area (Å²) in [7, 11) is 0. The van der Waals surface area contributed by atoms with Gasteiger partial charge in [0.25, 0.3) is 5.91 Å². The second-order valence-electron chi connectivity index (χ2n) is 6.53. The molecule has 0 aromatic heterocycles. The van der Waals surface area contributed by atoms with Crippen molar-refractivity contribution in [3.8, 4) is 11.5 Å². The molecule has 0 saturated carbocycles. The van der Waals surface area contributed by atoms with Gasteiger partial charge >= 0.3 is 0 Å². The maximum Gasteiger partial charge on any atom is 0.260 e. The lowest BCUT2D eigenvalue weighted by Crippen LogP contribution is -2.61. The van der Waals surface area contributed by atoms with E-state index in [-0.39, 0.29) is 30.5 Å². The lowest BCUT2D eigenvalue weighted by molar-refractivity contribution is -0.147. The Hall–Kier alpha value is -2.24. The third kappa shape index (κ3) is 4.90. The Morgan fingerprint density at radius 2 is 1.42 bits per heavy atom. The van der Waals surface area contributed by atoms with Crippen LogP contribution < -0.4 is 9.47 Å². The van der Waals surface area contributed by atoms with Crippen LogP contribution in [-0.4, -0.2) is 60.0 Å². The molecular weight excluding hydrogens is 332 g/mol. The third-order valence-electron chi connectivity index (χ3n) is 4.86. The van der Waals surface area contributed by atoms with Crippen molar-refractivity contribution in [1.29, 1.82) is 0 Å². The van der Waals surface area contributed by atoms with E-state index < -0.39 is 0 Å². The first-order valence-electron chi connectivity index (χ1n) is 9.42. The van der Waals surface area contributed by atoms with Crippen molar-refractivity contribution in [3.05, 3.63) is 24.3 Å². The molecule has 1 saturated heterocycles. The van der Waals surface area contributed by atoms with Gasteiger partial charge in [0.2, 0.25) is 5.91 Å². The molecule has 1 aromatic carbocycles. The van der Waals surface area contributed by atoms with E-state index in [4.69, 9.17) is 9.47 Å². The van der Waals surface area contributed by atoms with Crippen molar-refractivity contribution in [2.45, 2.75) is 52.6 Å². The molecule has 1 heterocycles. The molecular formula is C20H30N2O4. The van der Waals surface area contributed by atoms with Gasteiger partial charge in [-0.1, -0.05) is 13.8 Å². The molecule has 2 amide bonds. The van der Waals surface area contributed by atoms with Gasteiger partial charge in [-0.2, -0.15) is 0 Å². The standard InChI is InChI=1S/C20H30N2O4/c1-5-16-13-22(17(6-2)12-21(16)15(4)23)20(24)14-26-19-10-8-18(9-11-19)25-7-3/h8-11,16-17H,5-7,12-14H2,1-4H3/t16-,17+/m0/s1. The minimum Gasteiger partial charge on any atom is -0.494 e. The first-order chi connectivity index (χ1) is 12.5. The maximum absolute atomic E-state index is 12.7. The molecule has 1 aliphatic heterocycles. The van der Waals surface area contributed by atoms with Crippen molar-refractivity contribution < 1.29 is 19.1 Å². The predicted octanol–water partition coefficient (Wildman–Crippen LogP) is 2.71. The molecule has 2 rings (SSSR count). The zero-order chi connectivity index (χ0) is 19.1. The molecule has 0 unspecified atom stereocenters. The van der Waals surface area contributed by atoms with E-state index in [9.17, 15) is 9.59 Å². The molecule has 26 heavy (non-hydrogen) atoms. The van der Waals surface area contributed by atoms with Crippen LogP contribution >= 0.6 is 0 Å². The summed E-state index contributed by atoms with van der Waals surface area (Å²) in [6, 6.07) is 7.38. The van der Waals surface area contributed by atoms with Gasteiger partial charge in [-0.25, -0.2) is 0 Å². The largest absolute Gasteiger partial charge is 0.494 e. The highest BCUT2D eigenvalue weighted by molar-refractivity contribution is 5.79. The van der Waals surface area contributed by atoms with Gasteiger partial charge in [0.15, 0.2) is 6.61 Å². The zero-order valence-corrected chi connectivity index (χ0v) is 16.2. The first-order valence-corrected chi connectivity index (χ1v) is 9.42. The minimum atomic E-state index is -0.0348. The normalized spacial score (nSPS) is 20.0. The molecule has 1 fully saturated rings. The number of nitrogens with zero attached hydrogens (tertiary/aromatic N) is 2. The molecule has 0 aliphatic carbocycles. The van der Waals surface area contributed by atoms with Crippen LogP contribution in [0.15, 0.2) is 24.3 Å². The van der Waals surface area contributed by atoms with E-state index in [1.165, 1.54) is 0 Å². The molecule has 0 N–H and O–H groups in total. The fourth-order valence-corrected chi connectivity index (χ4v) is 3.37. The van der Waals surface area contributed by atoms with Crippen LogP contribution in [-0.2, 0) is 9.59 Å². The Balaban J connectivity index is 1.97. The third-order valence-corrected chi connectivity index (χ3v) is 4.86. The molecule has 0 spiro atoms. The van der Waals surface area contributed by atoms with E-state index >= 15 is 0 Å². The van der Waals surface area contributed by atoms with Gasteiger partial charge < -0.3 is 19.3 Å².